The summed E-state index contributed by atoms with van der Waals surface area (Å²) in [5.41, 5.74) is 2.26. The molecular formula is C26H38N2O3S. The van der Waals surface area contributed by atoms with Gasteiger partial charge in [-0.15, -0.1) is 5.06 Å². The van der Waals surface area contributed by atoms with Crippen molar-refractivity contribution in [1.82, 2.24) is 9.96 Å². The Balaban J connectivity index is 1.56. The van der Waals surface area contributed by atoms with Crippen LogP contribution in [0.1, 0.15) is 82.3 Å². The lowest BCUT2D eigenvalue weighted by Gasteiger charge is -2.42. The van der Waals surface area contributed by atoms with Gasteiger partial charge in [0.2, 0.25) is 5.91 Å². The minimum Gasteiger partial charge on any atom is -0.365 e. The molecule has 5 nitrogen and oxygen atoms in total. The first-order valence-corrected chi connectivity index (χ1v) is 13.2. The molecule has 0 spiro atoms. The van der Waals surface area contributed by atoms with Gasteiger partial charge in [0, 0.05) is 36.7 Å². The van der Waals surface area contributed by atoms with E-state index >= 15 is 0 Å². The van der Waals surface area contributed by atoms with Crippen LogP contribution >= 0.6 is 12.6 Å². The normalized spacial score (nSPS) is 23.6. The van der Waals surface area contributed by atoms with Crippen molar-refractivity contribution in [2.75, 3.05) is 5.75 Å². The van der Waals surface area contributed by atoms with Crippen LogP contribution in [0.15, 0.2) is 24.3 Å². The Morgan fingerprint density at radius 2 is 1.56 bits per heavy atom. The number of hydrogen-bond donors (Lipinski definition) is 1. The topological polar surface area (TPSA) is 49.9 Å². The Bertz CT molecular complexity index is 771. The van der Waals surface area contributed by atoms with Crippen molar-refractivity contribution < 1.29 is 14.4 Å². The van der Waals surface area contributed by atoms with Gasteiger partial charge >= 0.3 is 5.97 Å². The maximum Gasteiger partial charge on any atom is 0.348 e. The van der Waals surface area contributed by atoms with Gasteiger partial charge in [0.15, 0.2) is 0 Å². The molecule has 0 saturated heterocycles. The van der Waals surface area contributed by atoms with Gasteiger partial charge in [-0.05, 0) is 36.8 Å². The molecule has 0 unspecified atom stereocenters. The van der Waals surface area contributed by atoms with E-state index in [1.807, 2.05) is 19.1 Å². The second-order valence-electron chi connectivity index (χ2n) is 9.89. The number of rotatable bonds is 6. The molecule has 1 amide bonds. The highest BCUT2D eigenvalue weighted by molar-refractivity contribution is 7.80. The van der Waals surface area contributed by atoms with Crippen LogP contribution < -0.4 is 0 Å². The molecule has 0 N–H and O–H groups in total. The zero-order valence-corrected chi connectivity index (χ0v) is 20.3. The molecule has 1 aromatic rings. The molecule has 1 heterocycles. The average molecular weight is 459 g/mol. The molecule has 0 bridgehead atoms. The van der Waals surface area contributed by atoms with E-state index in [0.29, 0.717) is 30.8 Å². The molecule has 2 atom stereocenters. The molecule has 1 aliphatic heterocycles. The van der Waals surface area contributed by atoms with Gasteiger partial charge in [0.1, 0.15) is 6.04 Å². The van der Waals surface area contributed by atoms with Crippen molar-refractivity contribution in [2.45, 2.75) is 102 Å². The fourth-order valence-electron chi connectivity index (χ4n) is 5.61. The van der Waals surface area contributed by atoms with Crippen molar-refractivity contribution in [3.05, 3.63) is 35.4 Å². The van der Waals surface area contributed by atoms with Gasteiger partial charge in [-0.25, -0.2) is 4.79 Å². The van der Waals surface area contributed by atoms with E-state index in [9.17, 15) is 9.59 Å². The first-order valence-electron chi connectivity index (χ1n) is 12.6. The van der Waals surface area contributed by atoms with Crippen molar-refractivity contribution >= 4 is 24.5 Å². The summed E-state index contributed by atoms with van der Waals surface area (Å²) in [5, 5.41) is 2.08. The highest BCUT2D eigenvalue weighted by atomic mass is 32.1. The van der Waals surface area contributed by atoms with Crippen LogP contribution in [0.4, 0.5) is 0 Å². The van der Waals surface area contributed by atoms with Crippen LogP contribution in [0.3, 0.4) is 0 Å². The number of fused-ring (bicyclic) bond motifs is 1. The highest BCUT2D eigenvalue weighted by Gasteiger charge is 2.40. The first-order chi connectivity index (χ1) is 15.6. The molecule has 0 radical (unpaired) electrons. The maximum absolute atomic E-state index is 13.7. The predicted molar refractivity (Wildman–Crippen MR) is 129 cm³/mol. The molecule has 3 aliphatic rings. The Labute approximate surface area is 198 Å². The molecule has 1 aromatic carbocycles. The van der Waals surface area contributed by atoms with Crippen molar-refractivity contribution in [3.63, 3.8) is 0 Å². The second kappa shape index (κ2) is 11.1. The third kappa shape index (κ3) is 5.33. The molecule has 0 aromatic heterocycles. The van der Waals surface area contributed by atoms with Crippen LogP contribution in [0.5, 0.6) is 0 Å². The lowest BCUT2D eigenvalue weighted by molar-refractivity contribution is -0.228. The van der Waals surface area contributed by atoms with Gasteiger partial charge in [-0.2, -0.15) is 12.6 Å². The second-order valence-corrected chi connectivity index (χ2v) is 10.3. The minimum atomic E-state index is -0.575. The number of benzene rings is 1. The van der Waals surface area contributed by atoms with E-state index in [1.54, 1.807) is 4.90 Å². The number of carbonyl (C=O) groups is 2. The predicted octanol–water partition coefficient (Wildman–Crippen LogP) is 4.93. The van der Waals surface area contributed by atoms with Crippen LogP contribution in [-0.4, -0.2) is 45.7 Å². The van der Waals surface area contributed by atoms with Gasteiger partial charge < -0.3 is 9.74 Å². The van der Waals surface area contributed by atoms with E-state index in [-0.39, 0.29) is 17.8 Å². The summed E-state index contributed by atoms with van der Waals surface area (Å²) < 4.78 is 0. The molecule has 6 heteroatoms. The van der Waals surface area contributed by atoms with Gasteiger partial charge in [-0.1, -0.05) is 69.7 Å². The number of carbonyl (C=O) groups excluding carboxylic acids is 2. The van der Waals surface area contributed by atoms with Gasteiger partial charge in [-0.3, -0.25) is 4.79 Å². The minimum absolute atomic E-state index is 0.0154. The fraction of sp³-hybridized carbons (Fsp3) is 0.692. The van der Waals surface area contributed by atoms with Crippen LogP contribution in [0.2, 0.25) is 0 Å². The van der Waals surface area contributed by atoms with Crippen molar-refractivity contribution in [1.29, 1.82) is 0 Å². The molecule has 2 aliphatic carbocycles. The van der Waals surface area contributed by atoms with Crippen molar-refractivity contribution in [2.24, 2.45) is 5.92 Å². The van der Waals surface area contributed by atoms with Crippen molar-refractivity contribution in [3.8, 4) is 0 Å². The smallest absolute Gasteiger partial charge is 0.348 e. The molecule has 4 rings (SSSR count). The average Bonchev–Trinajstić information content (AvgIpc) is 2.86. The summed E-state index contributed by atoms with van der Waals surface area (Å²) in [7, 11) is 0. The Hall–Kier alpha value is -1.53. The summed E-state index contributed by atoms with van der Waals surface area (Å²) >= 11 is 4.33. The van der Waals surface area contributed by atoms with E-state index in [0.717, 1.165) is 36.8 Å². The summed E-state index contributed by atoms with van der Waals surface area (Å²) in [6, 6.07) is 8.17. The van der Waals surface area contributed by atoms with Crippen LogP contribution in [0, 0.1) is 5.92 Å². The fourth-order valence-corrected chi connectivity index (χ4v) is 5.77. The lowest BCUT2D eigenvalue weighted by atomic mass is 9.90. The Morgan fingerprint density at radius 3 is 2.12 bits per heavy atom. The Kier molecular flexibility index (Phi) is 8.17. The summed E-state index contributed by atoms with van der Waals surface area (Å²) in [5.74, 6) is -0.0462. The number of hydrogen-bond acceptors (Lipinski definition) is 5. The van der Waals surface area contributed by atoms with Gasteiger partial charge in [0.05, 0.1) is 0 Å². The van der Waals surface area contributed by atoms with Gasteiger partial charge in [0.25, 0.3) is 0 Å². The molecule has 2 saturated carbocycles. The summed E-state index contributed by atoms with van der Waals surface area (Å²) in [6.07, 6.45) is 12.2. The van der Waals surface area contributed by atoms with Crippen LogP contribution in [0.25, 0.3) is 0 Å². The van der Waals surface area contributed by atoms with E-state index in [2.05, 4.69) is 29.8 Å². The highest BCUT2D eigenvalue weighted by Crippen LogP contribution is 2.32. The number of nitrogens with zero attached hydrogens (tertiary/aromatic N) is 2. The molecular weight excluding hydrogens is 420 g/mol. The Morgan fingerprint density at radius 1 is 1.00 bits per heavy atom. The van der Waals surface area contributed by atoms with Crippen LogP contribution in [-0.2, 0) is 27.4 Å². The molecule has 2 fully saturated rings. The van der Waals surface area contributed by atoms with E-state index in [4.69, 9.17) is 4.84 Å². The number of thiol groups is 1. The summed E-state index contributed by atoms with van der Waals surface area (Å²) in [6.45, 7) is 2.34. The SMILES string of the molecule is C[C@H](CS)C(=O)N1Cc2ccccc2C[C@H]1C(=O)ON(C1CCCCC1)C1CCCCC1. The third-order valence-electron chi connectivity index (χ3n) is 7.56. The largest absolute Gasteiger partial charge is 0.365 e. The summed E-state index contributed by atoms with van der Waals surface area (Å²) in [4.78, 5) is 34.9. The number of hydroxylamine groups is 2. The maximum atomic E-state index is 13.7. The zero-order valence-electron chi connectivity index (χ0n) is 19.4. The quantitative estimate of drug-likeness (QED) is 0.485. The third-order valence-corrected chi connectivity index (χ3v) is 8.11. The van der Waals surface area contributed by atoms with E-state index < -0.39 is 6.04 Å². The zero-order chi connectivity index (χ0) is 22.5. The monoisotopic (exact) mass is 458 g/mol. The first kappa shape index (κ1) is 23.6. The van der Waals surface area contributed by atoms with E-state index in [1.165, 1.54) is 38.5 Å². The molecule has 32 heavy (non-hydrogen) atoms. The lowest BCUT2D eigenvalue weighted by Crippen LogP contribution is -2.54. The standard InChI is InChI=1S/C26H38N2O3S/c1-19(18-32)25(29)27-17-21-11-9-8-10-20(21)16-24(27)26(30)31-28(22-12-4-2-5-13-22)23-14-6-3-7-15-23/h8-11,19,22-24,32H,2-7,12-18H2,1H3/t19-,24+/m1/s1. The molecule has 176 valence electrons. The number of amides is 1.